The SMILES string of the molecule is O=C(C[C@@H](c1ccccc1)c1cc(Br)ccc1O)N1CCNCC1. The largest absolute Gasteiger partial charge is 0.508 e. The fourth-order valence-electron chi connectivity index (χ4n) is 3.12. The summed E-state index contributed by atoms with van der Waals surface area (Å²) >= 11 is 3.47. The van der Waals surface area contributed by atoms with Crippen molar-refractivity contribution in [3.8, 4) is 5.75 Å². The number of phenols is 1. The third-order valence-corrected chi connectivity index (χ3v) is 4.91. The normalized spacial score (nSPS) is 16.0. The Morgan fingerprint density at radius 1 is 1.17 bits per heavy atom. The number of nitrogens with one attached hydrogen (secondary N) is 1. The van der Waals surface area contributed by atoms with E-state index in [9.17, 15) is 9.90 Å². The molecule has 0 saturated carbocycles. The van der Waals surface area contributed by atoms with Crippen molar-refractivity contribution in [1.82, 2.24) is 10.2 Å². The van der Waals surface area contributed by atoms with Gasteiger partial charge in [0.05, 0.1) is 0 Å². The standard InChI is InChI=1S/C19H21BrN2O2/c20-15-6-7-18(23)17(12-15)16(14-4-2-1-3-5-14)13-19(24)22-10-8-21-9-11-22/h1-7,12,16,21,23H,8-11,13H2/t16-/m0/s1. The van der Waals surface area contributed by atoms with E-state index in [4.69, 9.17) is 0 Å². The van der Waals surface area contributed by atoms with E-state index in [0.29, 0.717) is 6.42 Å². The number of hydrogen-bond acceptors (Lipinski definition) is 3. The van der Waals surface area contributed by atoms with Gasteiger partial charge in [0.15, 0.2) is 0 Å². The Hall–Kier alpha value is -1.85. The molecule has 1 fully saturated rings. The van der Waals surface area contributed by atoms with Gasteiger partial charge in [0.1, 0.15) is 5.75 Å². The van der Waals surface area contributed by atoms with Gasteiger partial charge in [0.25, 0.3) is 0 Å². The van der Waals surface area contributed by atoms with Crippen molar-refractivity contribution in [2.75, 3.05) is 26.2 Å². The Labute approximate surface area is 150 Å². The Balaban J connectivity index is 1.90. The highest BCUT2D eigenvalue weighted by Gasteiger charge is 2.25. The topological polar surface area (TPSA) is 52.6 Å². The van der Waals surface area contributed by atoms with Crippen molar-refractivity contribution in [2.45, 2.75) is 12.3 Å². The highest BCUT2D eigenvalue weighted by molar-refractivity contribution is 9.10. The van der Waals surface area contributed by atoms with Crippen LogP contribution in [0, 0.1) is 0 Å². The first kappa shape index (κ1) is 17.0. The lowest BCUT2D eigenvalue weighted by Crippen LogP contribution is -2.46. The van der Waals surface area contributed by atoms with Gasteiger partial charge in [0, 0.05) is 48.6 Å². The molecule has 0 aromatic heterocycles. The van der Waals surface area contributed by atoms with Gasteiger partial charge in [0.2, 0.25) is 5.91 Å². The van der Waals surface area contributed by atoms with Crippen LogP contribution in [0.5, 0.6) is 5.75 Å². The molecule has 2 aromatic rings. The maximum Gasteiger partial charge on any atom is 0.223 e. The van der Waals surface area contributed by atoms with Crippen LogP contribution in [-0.2, 0) is 4.79 Å². The van der Waals surface area contributed by atoms with E-state index in [1.165, 1.54) is 0 Å². The minimum atomic E-state index is -0.161. The summed E-state index contributed by atoms with van der Waals surface area (Å²) in [7, 11) is 0. The average molecular weight is 389 g/mol. The number of nitrogens with zero attached hydrogens (tertiary/aromatic N) is 1. The van der Waals surface area contributed by atoms with Crippen molar-refractivity contribution in [3.63, 3.8) is 0 Å². The second-order valence-electron chi connectivity index (χ2n) is 6.00. The molecule has 5 heteroatoms. The van der Waals surface area contributed by atoms with E-state index in [1.807, 2.05) is 41.3 Å². The smallest absolute Gasteiger partial charge is 0.223 e. The Kier molecular flexibility index (Phi) is 5.53. The van der Waals surface area contributed by atoms with Gasteiger partial charge in [-0.05, 0) is 23.8 Å². The molecule has 2 aromatic carbocycles. The van der Waals surface area contributed by atoms with E-state index in [-0.39, 0.29) is 17.6 Å². The monoisotopic (exact) mass is 388 g/mol. The summed E-state index contributed by atoms with van der Waals surface area (Å²) in [4.78, 5) is 14.7. The Morgan fingerprint density at radius 3 is 2.58 bits per heavy atom. The third-order valence-electron chi connectivity index (χ3n) is 4.42. The van der Waals surface area contributed by atoms with Crippen LogP contribution in [0.1, 0.15) is 23.5 Å². The van der Waals surface area contributed by atoms with E-state index in [2.05, 4.69) is 21.2 Å². The van der Waals surface area contributed by atoms with Crippen LogP contribution in [0.4, 0.5) is 0 Å². The molecule has 0 radical (unpaired) electrons. The summed E-state index contributed by atoms with van der Waals surface area (Å²) in [5.41, 5.74) is 1.81. The van der Waals surface area contributed by atoms with E-state index < -0.39 is 0 Å². The number of amides is 1. The van der Waals surface area contributed by atoms with Crippen LogP contribution in [0.15, 0.2) is 53.0 Å². The zero-order valence-electron chi connectivity index (χ0n) is 13.4. The molecular formula is C19H21BrN2O2. The van der Waals surface area contributed by atoms with Crippen LogP contribution in [0.2, 0.25) is 0 Å². The fraction of sp³-hybridized carbons (Fsp3) is 0.316. The van der Waals surface area contributed by atoms with E-state index in [1.54, 1.807) is 12.1 Å². The summed E-state index contributed by atoms with van der Waals surface area (Å²) in [5, 5.41) is 13.6. The highest BCUT2D eigenvalue weighted by Crippen LogP contribution is 2.36. The van der Waals surface area contributed by atoms with Gasteiger partial charge in [-0.25, -0.2) is 0 Å². The van der Waals surface area contributed by atoms with Crippen LogP contribution in [0.3, 0.4) is 0 Å². The number of carbonyl (C=O) groups excluding carboxylic acids is 1. The van der Waals surface area contributed by atoms with Crippen LogP contribution >= 0.6 is 15.9 Å². The number of halogens is 1. The van der Waals surface area contributed by atoms with Gasteiger partial charge in [-0.1, -0.05) is 46.3 Å². The first-order valence-corrected chi connectivity index (χ1v) is 8.96. The first-order valence-electron chi connectivity index (χ1n) is 8.17. The second-order valence-corrected chi connectivity index (χ2v) is 6.92. The molecule has 1 aliphatic rings. The molecule has 2 N–H and O–H groups in total. The molecule has 0 unspecified atom stereocenters. The number of phenolic OH excluding ortho intramolecular Hbond substituents is 1. The first-order chi connectivity index (χ1) is 11.6. The summed E-state index contributed by atoms with van der Waals surface area (Å²) in [6, 6.07) is 15.3. The van der Waals surface area contributed by atoms with Crippen LogP contribution < -0.4 is 5.32 Å². The zero-order chi connectivity index (χ0) is 16.9. The molecule has 4 nitrogen and oxygen atoms in total. The number of piperazine rings is 1. The Bertz CT molecular complexity index is 700. The molecule has 24 heavy (non-hydrogen) atoms. The second kappa shape index (κ2) is 7.81. The van der Waals surface area contributed by atoms with E-state index >= 15 is 0 Å². The van der Waals surface area contributed by atoms with Crippen molar-refractivity contribution in [2.24, 2.45) is 0 Å². The van der Waals surface area contributed by atoms with Crippen LogP contribution in [0.25, 0.3) is 0 Å². The summed E-state index contributed by atoms with van der Waals surface area (Å²) < 4.78 is 0.894. The average Bonchev–Trinajstić information content (AvgIpc) is 2.63. The van der Waals surface area contributed by atoms with Gasteiger partial charge < -0.3 is 15.3 Å². The molecule has 1 saturated heterocycles. The molecule has 0 spiro atoms. The van der Waals surface area contributed by atoms with Crippen molar-refractivity contribution in [3.05, 3.63) is 64.1 Å². The number of aromatic hydroxyl groups is 1. The predicted molar refractivity (Wildman–Crippen MR) is 98.2 cm³/mol. The maximum atomic E-state index is 12.8. The van der Waals surface area contributed by atoms with Crippen LogP contribution in [-0.4, -0.2) is 42.1 Å². The molecule has 0 bridgehead atoms. The predicted octanol–water partition coefficient (Wildman–Crippen LogP) is 3.11. The molecule has 1 amide bonds. The van der Waals surface area contributed by atoms with Crippen molar-refractivity contribution in [1.29, 1.82) is 0 Å². The van der Waals surface area contributed by atoms with Crippen molar-refractivity contribution >= 4 is 21.8 Å². The summed E-state index contributed by atoms with van der Waals surface area (Å²) in [6.07, 6.45) is 0.355. The molecule has 126 valence electrons. The minimum absolute atomic E-state index is 0.129. The molecule has 1 aliphatic heterocycles. The molecule has 0 aliphatic carbocycles. The number of carbonyl (C=O) groups is 1. The summed E-state index contributed by atoms with van der Waals surface area (Å²) in [5.74, 6) is 0.191. The number of hydrogen-bond donors (Lipinski definition) is 2. The molecular weight excluding hydrogens is 368 g/mol. The number of rotatable bonds is 4. The Morgan fingerprint density at radius 2 is 1.88 bits per heavy atom. The van der Waals surface area contributed by atoms with Gasteiger partial charge in [-0.3, -0.25) is 4.79 Å². The molecule has 1 heterocycles. The van der Waals surface area contributed by atoms with Gasteiger partial charge >= 0.3 is 0 Å². The maximum absolute atomic E-state index is 12.8. The van der Waals surface area contributed by atoms with Crippen molar-refractivity contribution < 1.29 is 9.90 Å². The molecule has 3 rings (SSSR count). The highest BCUT2D eigenvalue weighted by atomic mass is 79.9. The lowest BCUT2D eigenvalue weighted by atomic mass is 9.87. The van der Waals surface area contributed by atoms with E-state index in [0.717, 1.165) is 41.8 Å². The fourth-order valence-corrected chi connectivity index (χ4v) is 3.49. The minimum Gasteiger partial charge on any atom is -0.508 e. The lowest BCUT2D eigenvalue weighted by Gasteiger charge is -2.29. The molecule has 1 atom stereocenters. The lowest BCUT2D eigenvalue weighted by molar-refractivity contribution is -0.132. The van der Waals surface area contributed by atoms with Gasteiger partial charge in [-0.2, -0.15) is 0 Å². The quantitative estimate of drug-likeness (QED) is 0.845. The summed E-state index contributed by atoms with van der Waals surface area (Å²) in [6.45, 7) is 3.16. The zero-order valence-corrected chi connectivity index (χ0v) is 15.0. The third kappa shape index (κ3) is 3.97. The number of benzene rings is 2. The van der Waals surface area contributed by atoms with Gasteiger partial charge in [-0.15, -0.1) is 0 Å².